The molecule has 0 heterocycles. The van der Waals surface area contributed by atoms with Crippen LogP contribution in [-0.4, -0.2) is 28.8 Å². The first-order chi connectivity index (χ1) is 12.0. The second-order valence-corrected chi connectivity index (χ2v) is 5.38. The standard InChI is InChI=1S/C19H16F2N2O2/c20-17(21)19(18(24)25,12-7-13-22)23-16(14-8-3-1-4-9-14)15-10-5-2-6-11-15/h1-6,8-11,17H,7,12H2,(H,24,25). The van der Waals surface area contributed by atoms with Crippen molar-refractivity contribution in [3.8, 4) is 6.07 Å². The van der Waals surface area contributed by atoms with Crippen molar-refractivity contribution in [3.63, 3.8) is 0 Å². The largest absolute Gasteiger partial charge is 0.479 e. The lowest BCUT2D eigenvalue weighted by Gasteiger charge is -2.25. The van der Waals surface area contributed by atoms with Gasteiger partial charge in [-0.2, -0.15) is 5.26 Å². The van der Waals surface area contributed by atoms with Gasteiger partial charge in [0.05, 0.1) is 11.8 Å². The van der Waals surface area contributed by atoms with Crippen LogP contribution in [-0.2, 0) is 4.79 Å². The fraction of sp³-hybridized carbons (Fsp3) is 0.211. The van der Waals surface area contributed by atoms with E-state index in [1.807, 2.05) is 0 Å². The van der Waals surface area contributed by atoms with Crippen molar-refractivity contribution in [1.29, 1.82) is 5.26 Å². The van der Waals surface area contributed by atoms with Crippen LogP contribution >= 0.6 is 0 Å². The van der Waals surface area contributed by atoms with Gasteiger partial charge in [0.1, 0.15) is 0 Å². The zero-order valence-corrected chi connectivity index (χ0v) is 13.3. The van der Waals surface area contributed by atoms with Crippen LogP contribution in [0.2, 0.25) is 0 Å². The van der Waals surface area contributed by atoms with Crippen LogP contribution < -0.4 is 0 Å². The maximum atomic E-state index is 13.7. The Morgan fingerprint density at radius 1 is 1.08 bits per heavy atom. The molecule has 0 bridgehead atoms. The molecule has 0 aliphatic rings. The third-order valence-electron chi connectivity index (χ3n) is 3.76. The molecule has 25 heavy (non-hydrogen) atoms. The number of nitrogens with zero attached hydrogens (tertiary/aromatic N) is 2. The van der Waals surface area contributed by atoms with E-state index >= 15 is 0 Å². The normalized spacial score (nSPS) is 12.9. The van der Waals surface area contributed by atoms with Gasteiger partial charge in [0.15, 0.2) is 0 Å². The maximum Gasteiger partial charge on any atom is 0.337 e. The Balaban J connectivity index is 2.68. The van der Waals surface area contributed by atoms with E-state index in [0.29, 0.717) is 11.1 Å². The summed E-state index contributed by atoms with van der Waals surface area (Å²) in [6, 6.07) is 18.8. The van der Waals surface area contributed by atoms with Gasteiger partial charge < -0.3 is 5.11 Å². The molecule has 0 aromatic heterocycles. The van der Waals surface area contributed by atoms with E-state index < -0.39 is 24.4 Å². The number of nitriles is 1. The Kier molecular flexibility index (Phi) is 5.96. The number of carbonyl (C=O) groups is 1. The number of rotatable bonds is 7. The molecule has 0 aliphatic heterocycles. The van der Waals surface area contributed by atoms with Crippen molar-refractivity contribution < 1.29 is 18.7 Å². The lowest BCUT2D eigenvalue weighted by atomic mass is 9.93. The number of carboxylic acids is 1. The van der Waals surface area contributed by atoms with Gasteiger partial charge in [-0.05, 0) is 0 Å². The summed E-state index contributed by atoms with van der Waals surface area (Å²) in [4.78, 5) is 15.7. The predicted molar refractivity (Wildman–Crippen MR) is 89.7 cm³/mol. The highest BCUT2D eigenvalue weighted by Crippen LogP contribution is 2.29. The summed E-state index contributed by atoms with van der Waals surface area (Å²) in [7, 11) is 0. The molecule has 2 aromatic carbocycles. The van der Waals surface area contributed by atoms with Crippen molar-refractivity contribution in [2.24, 2.45) is 4.99 Å². The molecule has 1 unspecified atom stereocenters. The number of alkyl halides is 2. The van der Waals surface area contributed by atoms with Gasteiger partial charge in [0.25, 0.3) is 6.43 Å². The molecule has 0 saturated heterocycles. The Morgan fingerprint density at radius 3 is 1.92 bits per heavy atom. The molecule has 0 fully saturated rings. The average molecular weight is 342 g/mol. The summed E-state index contributed by atoms with van der Waals surface area (Å²) in [5, 5.41) is 18.2. The van der Waals surface area contributed by atoms with Gasteiger partial charge in [-0.25, -0.2) is 13.6 Å². The minimum absolute atomic E-state index is 0.154. The highest BCUT2D eigenvalue weighted by atomic mass is 19.3. The molecule has 0 spiro atoms. The van der Waals surface area contributed by atoms with Crippen LogP contribution in [0.1, 0.15) is 24.0 Å². The van der Waals surface area contributed by atoms with E-state index in [9.17, 15) is 18.7 Å². The van der Waals surface area contributed by atoms with Crippen molar-refractivity contribution in [2.75, 3.05) is 0 Å². The van der Waals surface area contributed by atoms with Crippen LogP contribution in [0, 0.1) is 11.3 Å². The lowest BCUT2D eigenvalue weighted by molar-refractivity contribution is -0.149. The molecule has 0 radical (unpaired) electrons. The minimum atomic E-state index is -3.25. The zero-order valence-electron chi connectivity index (χ0n) is 13.3. The molecular formula is C19H16F2N2O2. The second-order valence-electron chi connectivity index (χ2n) is 5.38. The van der Waals surface area contributed by atoms with Crippen molar-refractivity contribution in [2.45, 2.75) is 24.8 Å². The molecule has 2 aromatic rings. The Bertz CT molecular complexity index is 745. The van der Waals surface area contributed by atoms with Gasteiger partial charge in [-0.3, -0.25) is 4.99 Å². The van der Waals surface area contributed by atoms with E-state index in [1.54, 1.807) is 66.7 Å². The van der Waals surface area contributed by atoms with E-state index in [-0.39, 0.29) is 12.1 Å². The number of aliphatic carboxylic acids is 1. The number of carboxylic acid groups (broad SMARTS) is 1. The monoisotopic (exact) mass is 342 g/mol. The van der Waals surface area contributed by atoms with Crippen molar-refractivity contribution in [3.05, 3.63) is 71.8 Å². The predicted octanol–water partition coefficient (Wildman–Crippen LogP) is 3.92. The van der Waals surface area contributed by atoms with Crippen LogP contribution in [0.25, 0.3) is 0 Å². The number of hydrogen-bond acceptors (Lipinski definition) is 3. The molecule has 1 atom stereocenters. The van der Waals surface area contributed by atoms with Crippen LogP contribution in [0.4, 0.5) is 8.78 Å². The smallest absolute Gasteiger partial charge is 0.337 e. The highest BCUT2D eigenvalue weighted by Gasteiger charge is 2.47. The van der Waals surface area contributed by atoms with Crippen LogP contribution in [0.3, 0.4) is 0 Å². The van der Waals surface area contributed by atoms with E-state index in [0.717, 1.165) is 0 Å². The molecule has 0 saturated carbocycles. The Labute approximate surface area is 144 Å². The lowest BCUT2D eigenvalue weighted by Crippen LogP contribution is -2.45. The number of hydrogen-bond donors (Lipinski definition) is 1. The van der Waals surface area contributed by atoms with Crippen molar-refractivity contribution in [1.82, 2.24) is 0 Å². The minimum Gasteiger partial charge on any atom is -0.479 e. The van der Waals surface area contributed by atoms with Gasteiger partial charge in [-0.1, -0.05) is 60.7 Å². The first-order valence-electron chi connectivity index (χ1n) is 7.60. The first kappa shape index (κ1) is 18.3. The molecule has 1 N–H and O–H groups in total. The van der Waals surface area contributed by atoms with Crippen LogP contribution in [0.5, 0.6) is 0 Å². The number of aliphatic imine (C=N–C) groups is 1. The summed E-state index contributed by atoms with van der Waals surface area (Å²) in [6.07, 6.45) is -4.16. The zero-order chi connectivity index (χ0) is 18.3. The highest BCUT2D eigenvalue weighted by molar-refractivity contribution is 6.13. The maximum absolute atomic E-state index is 13.7. The summed E-state index contributed by atoms with van der Waals surface area (Å²) in [5.74, 6) is -1.75. The van der Waals surface area contributed by atoms with E-state index in [2.05, 4.69) is 4.99 Å². The fourth-order valence-electron chi connectivity index (χ4n) is 2.40. The second kappa shape index (κ2) is 8.15. The SMILES string of the molecule is N#CCCC(N=C(c1ccccc1)c1ccccc1)(C(=O)O)C(F)F. The van der Waals surface area contributed by atoms with Gasteiger partial charge in [-0.15, -0.1) is 0 Å². The molecule has 128 valence electrons. The van der Waals surface area contributed by atoms with Gasteiger partial charge in [0, 0.05) is 24.0 Å². The number of benzene rings is 2. The summed E-state index contributed by atoms with van der Waals surface area (Å²) in [5.41, 5.74) is -1.47. The van der Waals surface area contributed by atoms with Gasteiger partial charge >= 0.3 is 5.97 Å². The summed E-state index contributed by atoms with van der Waals surface area (Å²) < 4.78 is 27.4. The van der Waals surface area contributed by atoms with E-state index in [1.165, 1.54) is 0 Å². The van der Waals surface area contributed by atoms with E-state index in [4.69, 9.17) is 5.26 Å². The fourth-order valence-corrected chi connectivity index (χ4v) is 2.40. The average Bonchev–Trinajstić information content (AvgIpc) is 2.63. The topological polar surface area (TPSA) is 73.5 Å². The molecule has 4 nitrogen and oxygen atoms in total. The Hall–Kier alpha value is -3.07. The third-order valence-corrected chi connectivity index (χ3v) is 3.76. The molecule has 0 amide bonds. The van der Waals surface area contributed by atoms with Crippen LogP contribution in [0.15, 0.2) is 65.7 Å². The first-order valence-corrected chi connectivity index (χ1v) is 7.60. The van der Waals surface area contributed by atoms with Gasteiger partial charge in [0.2, 0.25) is 5.54 Å². The Morgan fingerprint density at radius 2 is 1.56 bits per heavy atom. The van der Waals surface area contributed by atoms with Crippen molar-refractivity contribution >= 4 is 11.7 Å². The molecule has 2 rings (SSSR count). The molecular weight excluding hydrogens is 326 g/mol. The summed E-state index contributed by atoms with van der Waals surface area (Å²) >= 11 is 0. The summed E-state index contributed by atoms with van der Waals surface area (Å²) in [6.45, 7) is 0. The quantitative estimate of drug-likeness (QED) is 0.775. The number of halogens is 2. The molecule has 0 aliphatic carbocycles. The molecule has 6 heteroatoms. The third kappa shape index (κ3) is 4.07.